The molecule has 1 aliphatic heterocycles. The van der Waals surface area contributed by atoms with E-state index in [4.69, 9.17) is 4.74 Å². The molecule has 0 amide bonds. The molecule has 0 unspecified atom stereocenters. The van der Waals surface area contributed by atoms with Gasteiger partial charge in [0.05, 0.1) is 18.8 Å². The summed E-state index contributed by atoms with van der Waals surface area (Å²) in [5.74, 6) is 0.293. The molecule has 1 aliphatic rings. The van der Waals surface area contributed by atoms with Crippen LogP contribution >= 0.6 is 11.3 Å². The summed E-state index contributed by atoms with van der Waals surface area (Å²) in [7, 11) is 0. The van der Waals surface area contributed by atoms with Gasteiger partial charge in [0.1, 0.15) is 0 Å². The van der Waals surface area contributed by atoms with Gasteiger partial charge in [-0.25, -0.2) is 0 Å². The predicted octanol–water partition coefficient (Wildman–Crippen LogP) is 1.97. The quantitative estimate of drug-likeness (QED) is 0.821. The number of ether oxygens (including phenoxy) is 1. The van der Waals surface area contributed by atoms with E-state index in [0.29, 0.717) is 12.2 Å². The fourth-order valence-corrected chi connectivity index (χ4v) is 2.79. The van der Waals surface area contributed by atoms with Crippen LogP contribution in [0.3, 0.4) is 0 Å². The lowest BCUT2D eigenvalue weighted by Crippen LogP contribution is -2.54. The Morgan fingerprint density at radius 2 is 2.18 bits per heavy atom. The molecule has 3 nitrogen and oxygen atoms in total. The van der Waals surface area contributed by atoms with E-state index in [0.717, 1.165) is 31.2 Å². The average molecular weight is 253 g/mol. The fourth-order valence-electron chi connectivity index (χ4n) is 2.09. The molecule has 4 heteroatoms. The van der Waals surface area contributed by atoms with Crippen LogP contribution in [-0.4, -0.2) is 42.5 Å². The van der Waals surface area contributed by atoms with E-state index in [9.17, 15) is 4.79 Å². The Kier molecular flexibility index (Phi) is 3.97. The van der Waals surface area contributed by atoms with E-state index in [1.54, 1.807) is 11.3 Å². The highest BCUT2D eigenvalue weighted by molar-refractivity contribution is 7.10. The Balaban J connectivity index is 2.00. The summed E-state index contributed by atoms with van der Waals surface area (Å²) in [4.78, 5) is 15.7. The molecule has 0 saturated carbocycles. The first kappa shape index (κ1) is 12.7. The zero-order chi connectivity index (χ0) is 12.3. The molecular weight excluding hydrogens is 234 g/mol. The van der Waals surface area contributed by atoms with Crippen LogP contribution < -0.4 is 0 Å². The molecule has 0 aromatic carbocycles. The van der Waals surface area contributed by atoms with Gasteiger partial charge in [-0.15, -0.1) is 11.3 Å². The molecule has 2 rings (SSSR count). The third-order valence-electron chi connectivity index (χ3n) is 3.40. The van der Waals surface area contributed by atoms with Gasteiger partial charge in [-0.05, 0) is 25.3 Å². The van der Waals surface area contributed by atoms with Crippen molar-refractivity contribution in [2.75, 3.05) is 26.3 Å². The largest absolute Gasteiger partial charge is 0.379 e. The number of thiophene rings is 1. The number of Topliss-reactive ketones (excluding diaryl/α,β-unsaturated/α-hetero) is 1. The van der Waals surface area contributed by atoms with Crippen molar-refractivity contribution in [1.82, 2.24) is 4.90 Å². The van der Waals surface area contributed by atoms with Gasteiger partial charge in [0.2, 0.25) is 0 Å². The SMILES string of the molecule is CC(C)(C(=O)Cc1cccs1)N1CCOCC1. The highest BCUT2D eigenvalue weighted by atomic mass is 32.1. The first-order valence-corrected chi connectivity index (χ1v) is 6.87. The van der Waals surface area contributed by atoms with Gasteiger partial charge in [-0.1, -0.05) is 6.07 Å². The maximum atomic E-state index is 12.4. The second kappa shape index (κ2) is 5.29. The van der Waals surface area contributed by atoms with Crippen LogP contribution in [0, 0.1) is 0 Å². The maximum Gasteiger partial charge on any atom is 0.157 e. The van der Waals surface area contributed by atoms with E-state index in [1.165, 1.54) is 0 Å². The molecule has 1 aromatic heterocycles. The van der Waals surface area contributed by atoms with Crippen molar-refractivity contribution in [3.8, 4) is 0 Å². The van der Waals surface area contributed by atoms with Crippen LogP contribution in [0.25, 0.3) is 0 Å². The second-order valence-corrected chi connectivity index (χ2v) is 5.87. The summed E-state index contributed by atoms with van der Waals surface area (Å²) in [6.07, 6.45) is 0.544. The maximum absolute atomic E-state index is 12.4. The van der Waals surface area contributed by atoms with Crippen molar-refractivity contribution in [2.24, 2.45) is 0 Å². The standard InChI is InChI=1S/C13H19NO2S/c1-13(2,14-5-7-16-8-6-14)12(15)10-11-4-3-9-17-11/h3-4,9H,5-8,10H2,1-2H3. The second-order valence-electron chi connectivity index (χ2n) is 4.84. The van der Waals surface area contributed by atoms with E-state index in [2.05, 4.69) is 4.90 Å². The lowest BCUT2D eigenvalue weighted by Gasteiger charge is -2.39. The molecule has 0 bridgehead atoms. The van der Waals surface area contributed by atoms with Gasteiger partial charge in [0, 0.05) is 24.4 Å². The Morgan fingerprint density at radius 1 is 1.47 bits per heavy atom. The molecule has 0 N–H and O–H groups in total. The van der Waals surface area contributed by atoms with Gasteiger partial charge >= 0.3 is 0 Å². The van der Waals surface area contributed by atoms with E-state index in [-0.39, 0.29) is 5.54 Å². The fraction of sp³-hybridized carbons (Fsp3) is 0.615. The number of carbonyl (C=O) groups excluding carboxylic acids is 1. The summed E-state index contributed by atoms with van der Waals surface area (Å²) in [6.45, 7) is 7.21. The van der Waals surface area contributed by atoms with E-state index in [1.807, 2.05) is 31.4 Å². The van der Waals surface area contributed by atoms with Crippen LogP contribution in [0.2, 0.25) is 0 Å². The van der Waals surface area contributed by atoms with Gasteiger partial charge in [-0.2, -0.15) is 0 Å². The molecule has 0 spiro atoms. The first-order chi connectivity index (χ1) is 8.10. The Bertz CT molecular complexity index is 367. The van der Waals surface area contributed by atoms with Crippen LogP contribution in [0.1, 0.15) is 18.7 Å². The van der Waals surface area contributed by atoms with Crippen molar-refractivity contribution in [2.45, 2.75) is 25.8 Å². The van der Waals surface area contributed by atoms with Crippen LogP contribution in [0.4, 0.5) is 0 Å². The Hall–Kier alpha value is -0.710. The van der Waals surface area contributed by atoms with Gasteiger partial charge in [0.25, 0.3) is 0 Å². The van der Waals surface area contributed by atoms with Crippen molar-refractivity contribution in [3.63, 3.8) is 0 Å². The highest BCUT2D eigenvalue weighted by Gasteiger charge is 2.34. The number of nitrogens with zero attached hydrogens (tertiary/aromatic N) is 1. The van der Waals surface area contributed by atoms with Gasteiger partial charge in [0.15, 0.2) is 5.78 Å². The van der Waals surface area contributed by atoms with E-state index < -0.39 is 0 Å². The molecular formula is C13H19NO2S. The topological polar surface area (TPSA) is 29.5 Å². The zero-order valence-electron chi connectivity index (χ0n) is 10.4. The van der Waals surface area contributed by atoms with Crippen LogP contribution in [0.5, 0.6) is 0 Å². The summed E-state index contributed by atoms with van der Waals surface area (Å²) >= 11 is 1.65. The summed E-state index contributed by atoms with van der Waals surface area (Å²) in [5, 5.41) is 2.02. The highest BCUT2D eigenvalue weighted by Crippen LogP contribution is 2.21. The van der Waals surface area contributed by atoms with Gasteiger partial charge < -0.3 is 4.74 Å². The Labute approximate surface area is 106 Å². The van der Waals surface area contributed by atoms with Crippen molar-refractivity contribution in [3.05, 3.63) is 22.4 Å². The summed E-state index contributed by atoms with van der Waals surface area (Å²) < 4.78 is 5.33. The molecule has 1 fully saturated rings. The van der Waals surface area contributed by atoms with Crippen LogP contribution in [0.15, 0.2) is 17.5 Å². The summed E-state index contributed by atoms with van der Waals surface area (Å²) in [5.41, 5.74) is -0.381. The first-order valence-electron chi connectivity index (χ1n) is 5.99. The molecule has 1 aromatic rings. The molecule has 0 aliphatic carbocycles. The lowest BCUT2D eigenvalue weighted by atomic mass is 9.93. The van der Waals surface area contributed by atoms with E-state index >= 15 is 0 Å². The van der Waals surface area contributed by atoms with Crippen molar-refractivity contribution in [1.29, 1.82) is 0 Å². The molecule has 0 radical (unpaired) electrons. The zero-order valence-corrected chi connectivity index (χ0v) is 11.3. The number of hydrogen-bond acceptors (Lipinski definition) is 4. The minimum Gasteiger partial charge on any atom is -0.379 e. The molecule has 0 atom stereocenters. The number of hydrogen-bond donors (Lipinski definition) is 0. The van der Waals surface area contributed by atoms with Crippen LogP contribution in [-0.2, 0) is 16.0 Å². The smallest absolute Gasteiger partial charge is 0.157 e. The Morgan fingerprint density at radius 3 is 2.76 bits per heavy atom. The lowest BCUT2D eigenvalue weighted by molar-refractivity contribution is -0.131. The molecule has 1 saturated heterocycles. The minimum absolute atomic E-state index is 0.293. The third-order valence-corrected chi connectivity index (χ3v) is 4.28. The average Bonchev–Trinajstić information content (AvgIpc) is 2.83. The minimum atomic E-state index is -0.381. The number of carbonyl (C=O) groups is 1. The normalized spacial score (nSPS) is 18.2. The summed E-state index contributed by atoms with van der Waals surface area (Å²) in [6, 6.07) is 4.02. The molecule has 2 heterocycles. The number of morpholine rings is 1. The van der Waals surface area contributed by atoms with Crippen molar-refractivity contribution >= 4 is 17.1 Å². The molecule has 17 heavy (non-hydrogen) atoms. The third kappa shape index (κ3) is 2.94. The van der Waals surface area contributed by atoms with Gasteiger partial charge in [-0.3, -0.25) is 9.69 Å². The number of rotatable bonds is 4. The predicted molar refractivity (Wildman–Crippen MR) is 69.5 cm³/mol. The molecule has 94 valence electrons. The van der Waals surface area contributed by atoms with Crippen molar-refractivity contribution < 1.29 is 9.53 Å². The monoisotopic (exact) mass is 253 g/mol. The number of ketones is 1.